The molecular formula is C12H26O6. The standard InChI is InChI=1S/C6H14O3.C6H12O3/c1-5(8)4-9-6(2)3-7;1-3-4-9-5(2)6(7)8/h5-8H,3-4H2,1-2H3;5H,3-4H2,1-2H3,(H,7,8). The summed E-state index contributed by atoms with van der Waals surface area (Å²) in [5, 5.41) is 25.4. The molecule has 18 heavy (non-hydrogen) atoms. The normalized spacial score (nSPS) is 15.2. The number of ether oxygens (including phenoxy) is 2. The third-order valence-electron chi connectivity index (χ3n) is 1.80. The number of hydrogen-bond acceptors (Lipinski definition) is 5. The van der Waals surface area contributed by atoms with Gasteiger partial charge in [0.1, 0.15) is 0 Å². The van der Waals surface area contributed by atoms with Crippen molar-refractivity contribution in [3.8, 4) is 0 Å². The van der Waals surface area contributed by atoms with E-state index < -0.39 is 18.2 Å². The van der Waals surface area contributed by atoms with Crippen LogP contribution < -0.4 is 0 Å². The van der Waals surface area contributed by atoms with E-state index in [1.165, 1.54) is 6.92 Å². The van der Waals surface area contributed by atoms with Gasteiger partial charge in [0.25, 0.3) is 0 Å². The summed E-state index contributed by atoms with van der Waals surface area (Å²) in [6.07, 6.45) is -0.416. The molecular weight excluding hydrogens is 240 g/mol. The van der Waals surface area contributed by atoms with E-state index in [1.807, 2.05) is 6.92 Å². The van der Waals surface area contributed by atoms with Crippen LogP contribution in [0.3, 0.4) is 0 Å². The maximum atomic E-state index is 10.1. The SMILES string of the molecule is CC(O)COC(C)CO.CCCOC(C)C(=O)O. The van der Waals surface area contributed by atoms with E-state index >= 15 is 0 Å². The topological polar surface area (TPSA) is 96.2 Å². The van der Waals surface area contributed by atoms with Crippen molar-refractivity contribution in [1.29, 1.82) is 0 Å². The molecule has 0 aromatic heterocycles. The van der Waals surface area contributed by atoms with E-state index in [0.717, 1.165) is 6.42 Å². The molecule has 0 amide bonds. The van der Waals surface area contributed by atoms with Gasteiger partial charge in [-0.2, -0.15) is 0 Å². The first-order valence-corrected chi connectivity index (χ1v) is 6.10. The van der Waals surface area contributed by atoms with Crippen molar-refractivity contribution in [2.45, 2.75) is 52.4 Å². The number of aliphatic hydroxyl groups is 2. The van der Waals surface area contributed by atoms with Gasteiger partial charge in [-0.05, 0) is 27.2 Å². The minimum Gasteiger partial charge on any atom is -0.479 e. The van der Waals surface area contributed by atoms with Crippen molar-refractivity contribution < 1.29 is 29.6 Å². The van der Waals surface area contributed by atoms with Crippen LogP contribution in [0.25, 0.3) is 0 Å². The van der Waals surface area contributed by atoms with Gasteiger partial charge in [0.2, 0.25) is 0 Å². The predicted molar refractivity (Wildman–Crippen MR) is 67.5 cm³/mol. The fourth-order valence-electron chi connectivity index (χ4n) is 0.722. The lowest BCUT2D eigenvalue weighted by atomic mass is 10.4. The molecule has 0 bridgehead atoms. The molecule has 0 aromatic rings. The Hall–Kier alpha value is -0.690. The molecule has 110 valence electrons. The van der Waals surface area contributed by atoms with Crippen molar-refractivity contribution in [1.82, 2.24) is 0 Å². The van der Waals surface area contributed by atoms with Gasteiger partial charge in [-0.3, -0.25) is 0 Å². The zero-order valence-electron chi connectivity index (χ0n) is 11.6. The van der Waals surface area contributed by atoms with E-state index in [9.17, 15) is 4.79 Å². The lowest BCUT2D eigenvalue weighted by Crippen LogP contribution is -2.19. The Morgan fingerprint density at radius 2 is 1.78 bits per heavy atom. The van der Waals surface area contributed by atoms with Crippen LogP contribution in [0.2, 0.25) is 0 Å². The van der Waals surface area contributed by atoms with Crippen LogP contribution in [0.15, 0.2) is 0 Å². The van der Waals surface area contributed by atoms with Crippen LogP contribution in [0.5, 0.6) is 0 Å². The van der Waals surface area contributed by atoms with Gasteiger partial charge in [0.05, 0.1) is 25.4 Å². The number of hydrogen-bond donors (Lipinski definition) is 3. The number of rotatable bonds is 8. The molecule has 0 rings (SSSR count). The lowest BCUT2D eigenvalue weighted by Gasteiger charge is -2.10. The third-order valence-corrected chi connectivity index (χ3v) is 1.80. The summed E-state index contributed by atoms with van der Waals surface area (Å²) in [6, 6.07) is 0. The average Bonchev–Trinajstić information content (AvgIpc) is 2.33. The monoisotopic (exact) mass is 266 g/mol. The summed E-state index contributed by atoms with van der Waals surface area (Å²) in [5.74, 6) is -0.900. The summed E-state index contributed by atoms with van der Waals surface area (Å²) in [6.45, 7) is 7.68. The highest BCUT2D eigenvalue weighted by molar-refractivity contribution is 5.71. The van der Waals surface area contributed by atoms with Crippen LogP contribution in [0.4, 0.5) is 0 Å². The second kappa shape index (κ2) is 12.8. The van der Waals surface area contributed by atoms with Gasteiger partial charge in [-0.1, -0.05) is 6.92 Å². The van der Waals surface area contributed by atoms with Crippen molar-refractivity contribution >= 4 is 5.97 Å². The number of aliphatic carboxylic acids is 1. The fraction of sp³-hybridized carbons (Fsp3) is 0.917. The Morgan fingerprint density at radius 3 is 2.11 bits per heavy atom. The fourth-order valence-corrected chi connectivity index (χ4v) is 0.722. The second-order valence-electron chi connectivity index (χ2n) is 4.03. The van der Waals surface area contributed by atoms with Crippen molar-refractivity contribution in [2.75, 3.05) is 19.8 Å². The Bertz CT molecular complexity index is 195. The third kappa shape index (κ3) is 15.3. The lowest BCUT2D eigenvalue weighted by molar-refractivity contribution is -0.149. The largest absolute Gasteiger partial charge is 0.479 e. The van der Waals surface area contributed by atoms with Gasteiger partial charge < -0.3 is 24.8 Å². The molecule has 3 atom stereocenters. The maximum Gasteiger partial charge on any atom is 0.332 e. The van der Waals surface area contributed by atoms with E-state index in [-0.39, 0.29) is 12.7 Å². The van der Waals surface area contributed by atoms with Crippen molar-refractivity contribution in [3.63, 3.8) is 0 Å². The molecule has 6 nitrogen and oxygen atoms in total. The zero-order valence-corrected chi connectivity index (χ0v) is 11.6. The first-order valence-electron chi connectivity index (χ1n) is 6.10. The molecule has 0 saturated heterocycles. The number of carboxylic acid groups (broad SMARTS) is 1. The van der Waals surface area contributed by atoms with Gasteiger partial charge >= 0.3 is 5.97 Å². The molecule has 0 aliphatic carbocycles. The van der Waals surface area contributed by atoms with Gasteiger partial charge in [0, 0.05) is 6.61 Å². The summed E-state index contributed by atoms with van der Waals surface area (Å²) in [5.41, 5.74) is 0. The van der Waals surface area contributed by atoms with Crippen molar-refractivity contribution in [3.05, 3.63) is 0 Å². The molecule has 0 saturated carbocycles. The minimum atomic E-state index is -0.900. The first kappa shape index (κ1) is 19.6. The molecule has 0 spiro atoms. The van der Waals surface area contributed by atoms with Crippen LogP contribution in [-0.4, -0.2) is 59.4 Å². The van der Waals surface area contributed by atoms with E-state index in [4.69, 9.17) is 24.8 Å². The molecule has 0 aliphatic rings. The molecule has 0 aromatic carbocycles. The molecule has 6 heteroatoms. The second-order valence-corrected chi connectivity index (χ2v) is 4.03. The zero-order chi connectivity index (χ0) is 14.6. The maximum absolute atomic E-state index is 10.1. The average molecular weight is 266 g/mol. The van der Waals surface area contributed by atoms with E-state index in [0.29, 0.717) is 13.2 Å². The summed E-state index contributed by atoms with van der Waals surface area (Å²) in [4.78, 5) is 10.1. The number of carboxylic acids is 1. The van der Waals surface area contributed by atoms with Crippen LogP contribution in [0.1, 0.15) is 34.1 Å². The molecule has 3 unspecified atom stereocenters. The smallest absolute Gasteiger partial charge is 0.332 e. The number of aliphatic hydroxyl groups excluding tert-OH is 2. The summed E-state index contributed by atoms with van der Waals surface area (Å²) < 4.78 is 9.81. The van der Waals surface area contributed by atoms with Gasteiger partial charge in [-0.25, -0.2) is 4.79 Å². The predicted octanol–water partition coefficient (Wildman–Crippen LogP) is 0.651. The minimum absolute atomic E-state index is 0.00667. The molecule has 0 heterocycles. The van der Waals surface area contributed by atoms with Gasteiger partial charge in [0.15, 0.2) is 6.10 Å². The van der Waals surface area contributed by atoms with E-state index in [1.54, 1.807) is 13.8 Å². The number of carbonyl (C=O) groups is 1. The molecule has 3 N–H and O–H groups in total. The highest BCUT2D eigenvalue weighted by Crippen LogP contribution is 1.91. The Balaban J connectivity index is 0. The van der Waals surface area contributed by atoms with Crippen molar-refractivity contribution in [2.24, 2.45) is 0 Å². The van der Waals surface area contributed by atoms with Gasteiger partial charge in [-0.15, -0.1) is 0 Å². The Morgan fingerprint density at radius 1 is 1.22 bits per heavy atom. The first-order chi connectivity index (χ1) is 8.34. The quantitative estimate of drug-likeness (QED) is 0.597. The van der Waals surface area contributed by atoms with E-state index in [2.05, 4.69) is 0 Å². The molecule has 0 radical (unpaired) electrons. The van der Waals surface area contributed by atoms with Crippen LogP contribution in [-0.2, 0) is 14.3 Å². The summed E-state index contributed by atoms with van der Waals surface area (Å²) in [7, 11) is 0. The molecule has 0 aliphatic heterocycles. The Labute approximate surface area is 109 Å². The van der Waals surface area contributed by atoms with Crippen LogP contribution >= 0.6 is 0 Å². The highest BCUT2D eigenvalue weighted by atomic mass is 16.5. The highest BCUT2D eigenvalue weighted by Gasteiger charge is 2.08. The Kier molecular flexibility index (Phi) is 13.9. The van der Waals surface area contributed by atoms with Crippen LogP contribution in [0, 0.1) is 0 Å². The summed E-state index contributed by atoms with van der Waals surface area (Å²) >= 11 is 0. The molecule has 0 fully saturated rings.